The highest BCUT2D eigenvalue weighted by molar-refractivity contribution is 7.90. The number of benzene rings is 1. The van der Waals surface area contributed by atoms with Crippen LogP contribution in [0.4, 0.5) is 0 Å². The first-order chi connectivity index (χ1) is 8.57. The number of rotatable bonds is 4. The average molecular weight is 262 g/mol. The number of hydrogen-bond acceptors (Lipinski definition) is 4. The Balaban J connectivity index is 2.20. The second-order valence-electron chi connectivity index (χ2n) is 3.75. The van der Waals surface area contributed by atoms with Crippen LogP contribution in [0.5, 0.6) is 5.75 Å². The van der Waals surface area contributed by atoms with Crippen molar-refractivity contribution in [2.45, 2.75) is 11.5 Å². The van der Waals surface area contributed by atoms with E-state index < -0.39 is 9.84 Å². The number of ether oxygens (including phenoxy) is 1. The second kappa shape index (κ2) is 5.18. The van der Waals surface area contributed by atoms with Crippen LogP contribution in [-0.4, -0.2) is 19.7 Å². The molecule has 0 aliphatic rings. The smallest absolute Gasteiger partial charge is 0.179 e. The van der Waals surface area contributed by atoms with Gasteiger partial charge >= 0.3 is 0 Å². The molecule has 0 spiro atoms. The van der Waals surface area contributed by atoms with E-state index in [1.54, 1.807) is 12.3 Å². The number of hydrogen-bond donors (Lipinski definition) is 0. The summed E-state index contributed by atoms with van der Waals surface area (Å²) in [5.74, 6) is 0.297. The molecule has 93 valence electrons. The van der Waals surface area contributed by atoms with Gasteiger partial charge in [-0.25, -0.2) is 8.42 Å². The largest absolute Gasteiger partial charge is 0.486 e. The van der Waals surface area contributed by atoms with Gasteiger partial charge in [-0.2, -0.15) is 0 Å². The van der Waals surface area contributed by atoms with E-state index >= 15 is 0 Å². The lowest BCUT2D eigenvalue weighted by Gasteiger charge is -2.09. The minimum atomic E-state index is -3.30. The average Bonchev–Trinajstić information content (AvgIpc) is 2.37. The number of aromatic nitrogens is 1. The van der Waals surface area contributed by atoms with Crippen molar-refractivity contribution in [3.63, 3.8) is 0 Å². The summed E-state index contributed by atoms with van der Waals surface area (Å²) in [6, 6.07) is 12.8. The Morgan fingerprint density at radius 1 is 1.33 bits per heavy atom. The molecule has 1 aromatic heterocycles. The molecule has 0 bridgehead atoms. The minimum absolute atomic E-state index is 0.164. The molecule has 0 atom stereocenters. The Morgan fingerprint density at radius 3 is 2.83 bits per heavy atom. The predicted octanol–water partition coefficient (Wildman–Crippen LogP) is 1.86. The molecule has 1 radical (unpaired) electrons. The molecule has 0 aliphatic carbocycles. The van der Waals surface area contributed by atoms with Gasteiger partial charge in [-0.3, -0.25) is 4.98 Å². The second-order valence-corrected chi connectivity index (χ2v) is 5.74. The van der Waals surface area contributed by atoms with Crippen molar-refractivity contribution in [2.75, 3.05) is 6.26 Å². The summed E-state index contributed by atoms with van der Waals surface area (Å²) >= 11 is 0. The molecule has 1 aromatic carbocycles. The molecule has 1 heterocycles. The van der Waals surface area contributed by atoms with Gasteiger partial charge in [-0.15, -0.1) is 0 Å². The molecular weight excluding hydrogens is 250 g/mol. The molecule has 4 nitrogen and oxygen atoms in total. The third kappa shape index (κ3) is 3.07. The first-order valence-corrected chi connectivity index (χ1v) is 7.19. The summed E-state index contributed by atoms with van der Waals surface area (Å²) in [7, 11) is -3.30. The molecule has 0 N–H and O–H groups in total. The van der Waals surface area contributed by atoms with Crippen LogP contribution in [-0.2, 0) is 16.4 Å². The van der Waals surface area contributed by atoms with Crippen LogP contribution in [0.25, 0.3) is 0 Å². The van der Waals surface area contributed by atoms with E-state index in [2.05, 4.69) is 11.1 Å². The van der Waals surface area contributed by atoms with Gasteiger partial charge in [0.05, 0.1) is 5.69 Å². The third-order valence-corrected chi connectivity index (χ3v) is 3.43. The van der Waals surface area contributed by atoms with E-state index in [1.165, 1.54) is 12.1 Å². The van der Waals surface area contributed by atoms with E-state index in [1.807, 2.05) is 18.2 Å². The predicted molar refractivity (Wildman–Crippen MR) is 67.0 cm³/mol. The standard InChI is InChI=1S/C13H12NO3S/c1-18(15,16)13-8-3-2-7-12(13)17-10-11-6-4-5-9-14-11/h3-9H,10H2,1H3. The van der Waals surface area contributed by atoms with E-state index in [0.717, 1.165) is 11.9 Å². The Hall–Kier alpha value is -1.88. The summed E-state index contributed by atoms with van der Waals surface area (Å²) in [6.45, 7) is 0.223. The summed E-state index contributed by atoms with van der Waals surface area (Å²) in [4.78, 5) is 4.27. The van der Waals surface area contributed by atoms with Crippen LogP contribution in [0.2, 0.25) is 0 Å². The fraction of sp³-hybridized carbons (Fsp3) is 0.154. The maximum absolute atomic E-state index is 11.6. The van der Waals surface area contributed by atoms with Crippen molar-refractivity contribution < 1.29 is 13.2 Å². The van der Waals surface area contributed by atoms with Crippen LogP contribution in [0, 0.1) is 6.07 Å². The van der Waals surface area contributed by atoms with E-state index in [9.17, 15) is 8.42 Å². The van der Waals surface area contributed by atoms with Crippen molar-refractivity contribution in [1.82, 2.24) is 4.98 Å². The molecule has 0 fully saturated rings. The van der Waals surface area contributed by atoms with Crippen molar-refractivity contribution in [2.24, 2.45) is 0 Å². The maximum atomic E-state index is 11.6. The molecular formula is C13H12NO3S. The van der Waals surface area contributed by atoms with Gasteiger partial charge in [0.2, 0.25) is 0 Å². The van der Waals surface area contributed by atoms with Crippen molar-refractivity contribution in [3.8, 4) is 5.75 Å². The SMILES string of the molecule is CS(=O)(=O)c1cc[c]cc1OCc1ccccn1. The number of sulfone groups is 1. The van der Waals surface area contributed by atoms with Crippen LogP contribution in [0.1, 0.15) is 5.69 Å². The Morgan fingerprint density at radius 2 is 2.17 bits per heavy atom. The monoisotopic (exact) mass is 262 g/mol. The number of pyridine rings is 1. The van der Waals surface area contributed by atoms with Crippen LogP contribution in [0.15, 0.2) is 47.5 Å². The molecule has 0 aliphatic heterocycles. The lowest BCUT2D eigenvalue weighted by molar-refractivity contribution is 0.293. The molecule has 18 heavy (non-hydrogen) atoms. The summed E-state index contributed by atoms with van der Waals surface area (Å²) in [5, 5.41) is 0. The summed E-state index contributed by atoms with van der Waals surface area (Å²) < 4.78 is 28.6. The van der Waals surface area contributed by atoms with E-state index in [0.29, 0.717) is 5.75 Å². The summed E-state index contributed by atoms with van der Waals surface area (Å²) in [5.41, 5.74) is 0.737. The number of nitrogens with zero attached hydrogens (tertiary/aromatic N) is 1. The van der Waals surface area contributed by atoms with Gasteiger partial charge in [-0.05, 0) is 30.3 Å². The van der Waals surface area contributed by atoms with Gasteiger partial charge < -0.3 is 4.74 Å². The zero-order chi connectivity index (χ0) is 13.0. The van der Waals surface area contributed by atoms with Crippen molar-refractivity contribution in [1.29, 1.82) is 0 Å². The van der Waals surface area contributed by atoms with Crippen LogP contribution < -0.4 is 4.74 Å². The van der Waals surface area contributed by atoms with Gasteiger partial charge in [0.1, 0.15) is 17.3 Å². The minimum Gasteiger partial charge on any atom is -0.486 e. The molecule has 5 heteroatoms. The molecule has 2 rings (SSSR count). The van der Waals surface area contributed by atoms with Crippen molar-refractivity contribution >= 4 is 9.84 Å². The molecule has 0 saturated heterocycles. The van der Waals surface area contributed by atoms with Gasteiger partial charge in [0.25, 0.3) is 0 Å². The quantitative estimate of drug-likeness (QED) is 0.844. The molecule has 0 unspecified atom stereocenters. The van der Waals surface area contributed by atoms with Gasteiger partial charge in [-0.1, -0.05) is 12.1 Å². The normalized spacial score (nSPS) is 11.2. The Labute approximate surface area is 106 Å². The highest BCUT2D eigenvalue weighted by atomic mass is 32.2. The van der Waals surface area contributed by atoms with Gasteiger partial charge in [0.15, 0.2) is 9.84 Å². The Kier molecular flexibility index (Phi) is 3.62. The van der Waals surface area contributed by atoms with E-state index in [-0.39, 0.29) is 11.5 Å². The summed E-state index contributed by atoms with van der Waals surface area (Å²) in [6.07, 6.45) is 2.81. The van der Waals surface area contributed by atoms with Crippen LogP contribution >= 0.6 is 0 Å². The molecule has 2 aromatic rings. The zero-order valence-electron chi connectivity index (χ0n) is 9.83. The Bertz CT molecular complexity index is 624. The highest BCUT2D eigenvalue weighted by Crippen LogP contribution is 2.23. The molecule has 0 saturated carbocycles. The fourth-order valence-electron chi connectivity index (χ4n) is 1.46. The highest BCUT2D eigenvalue weighted by Gasteiger charge is 2.13. The third-order valence-electron chi connectivity index (χ3n) is 2.29. The first-order valence-electron chi connectivity index (χ1n) is 5.30. The lowest BCUT2D eigenvalue weighted by atomic mass is 10.3. The zero-order valence-corrected chi connectivity index (χ0v) is 10.6. The van der Waals surface area contributed by atoms with Gasteiger partial charge in [0, 0.05) is 12.5 Å². The molecule has 0 amide bonds. The van der Waals surface area contributed by atoms with Crippen molar-refractivity contribution in [3.05, 3.63) is 54.4 Å². The van der Waals surface area contributed by atoms with Crippen LogP contribution in [0.3, 0.4) is 0 Å². The maximum Gasteiger partial charge on any atom is 0.179 e. The first kappa shape index (κ1) is 12.6. The topological polar surface area (TPSA) is 56.3 Å². The van der Waals surface area contributed by atoms with E-state index in [4.69, 9.17) is 4.74 Å². The fourth-order valence-corrected chi connectivity index (χ4v) is 2.25. The lowest BCUT2D eigenvalue weighted by Crippen LogP contribution is -2.04.